The number of nitrogens with zero attached hydrogens (tertiary/aromatic N) is 3. The van der Waals surface area contributed by atoms with Gasteiger partial charge in [0.15, 0.2) is 0 Å². The van der Waals surface area contributed by atoms with Gasteiger partial charge in [0.2, 0.25) is 5.95 Å². The monoisotopic (exact) mass is 333 g/mol. The van der Waals surface area contributed by atoms with Crippen LogP contribution in [-0.4, -0.2) is 35.1 Å². The van der Waals surface area contributed by atoms with E-state index in [-0.39, 0.29) is 5.56 Å². The maximum absolute atomic E-state index is 12.3. The van der Waals surface area contributed by atoms with Crippen LogP contribution >= 0.6 is 11.3 Å². The largest absolute Gasteiger partial charge is 0.339 e. The fourth-order valence-electron chi connectivity index (χ4n) is 2.70. The maximum Gasteiger partial charge on any atom is 0.255 e. The van der Waals surface area contributed by atoms with E-state index in [1.807, 2.05) is 11.9 Å². The molecule has 7 heteroatoms. The fraction of sp³-hybridized carbons (Fsp3) is 0.562. The molecule has 23 heavy (non-hydrogen) atoms. The number of hydrogen-bond acceptors (Lipinski definition) is 6. The highest BCUT2D eigenvalue weighted by Crippen LogP contribution is 2.20. The van der Waals surface area contributed by atoms with Crippen molar-refractivity contribution in [2.24, 2.45) is 0 Å². The smallest absolute Gasteiger partial charge is 0.255 e. The average Bonchev–Trinajstić information content (AvgIpc) is 2.84. The summed E-state index contributed by atoms with van der Waals surface area (Å²) in [5, 5.41) is 6.53. The molecule has 0 radical (unpaired) electrons. The van der Waals surface area contributed by atoms with Gasteiger partial charge in [-0.15, -0.1) is 11.3 Å². The van der Waals surface area contributed by atoms with Gasteiger partial charge >= 0.3 is 0 Å². The summed E-state index contributed by atoms with van der Waals surface area (Å²) in [6.45, 7) is 6.64. The minimum atomic E-state index is -0.0123. The molecule has 0 spiro atoms. The first-order chi connectivity index (χ1) is 11.0. The number of rotatable bonds is 4. The summed E-state index contributed by atoms with van der Waals surface area (Å²) in [4.78, 5) is 26.5. The van der Waals surface area contributed by atoms with Crippen molar-refractivity contribution in [3.05, 3.63) is 37.7 Å². The number of aromatic nitrogens is 3. The van der Waals surface area contributed by atoms with Gasteiger partial charge < -0.3 is 10.2 Å². The Kier molecular flexibility index (Phi) is 4.77. The minimum Gasteiger partial charge on any atom is -0.339 e. The molecule has 124 valence electrons. The number of thiazole rings is 1. The molecule has 1 aliphatic rings. The molecule has 2 aromatic rings. The lowest BCUT2D eigenvalue weighted by molar-refractivity contribution is 0.708. The Balaban J connectivity index is 1.81. The van der Waals surface area contributed by atoms with Crippen LogP contribution in [0.15, 0.2) is 10.2 Å². The first-order valence-corrected chi connectivity index (χ1v) is 8.90. The molecule has 0 amide bonds. The van der Waals surface area contributed by atoms with E-state index in [2.05, 4.69) is 39.5 Å². The number of anilines is 1. The van der Waals surface area contributed by atoms with Gasteiger partial charge in [0, 0.05) is 36.9 Å². The van der Waals surface area contributed by atoms with E-state index in [1.165, 1.54) is 0 Å². The van der Waals surface area contributed by atoms with Crippen LogP contribution in [0.4, 0.5) is 5.95 Å². The summed E-state index contributed by atoms with van der Waals surface area (Å²) in [6, 6.07) is 0. The Bertz CT molecular complexity index is 736. The van der Waals surface area contributed by atoms with E-state index in [0.717, 1.165) is 47.9 Å². The zero-order valence-electron chi connectivity index (χ0n) is 13.8. The van der Waals surface area contributed by atoms with Gasteiger partial charge in [-0.05, 0) is 13.0 Å². The number of hydrogen-bond donors (Lipinski definition) is 2. The average molecular weight is 333 g/mol. The summed E-state index contributed by atoms with van der Waals surface area (Å²) >= 11 is 1.69. The first kappa shape index (κ1) is 16.1. The summed E-state index contributed by atoms with van der Waals surface area (Å²) in [6.07, 6.45) is 1.54. The number of H-pyrrole nitrogens is 1. The van der Waals surface area contributed by atoms with E-state index >= 15 is 0 Å². The molecule has 0 unspecified atom stereocenters. The third-order valence-electron chi connectivity index (χ3n) is 4.00. The van der Waals surface area contributed by atoms with Crippen molar-refractivity contribution in [2.75, 3.05) is 25.0 Å². The van der Waals surface area contributed by atoms with Crippen LogP contribution in [0.1, 0.15) is 41.7 Å². The molecule has 3 heterocycles. The highest BCUT2D eigenvalue weighted by Gasteiger charge is 2.16. The number of nitrogens with one attached hydrogen (secondary N) is 2. The molecule has 0 saturated carbocycles. The molecule has 2 aromatic heterocycles. The second-order valence-electron chi connectivity index (χ2n) is 6.25. The van der Waals surface area contributed by atoms with Crippen molar-refractivity contribution in [3.63, 3.8) is 0 Å². The Morgan fingerprint density at radius 1 is 1.30 bits per heavy atom. The predicted molar refractivity (Wildman–Crippen MR) is 93.4 cm³/mol. The molecular weight excluding hydrogens is 310 g/mol. The predicted octanol–water partition coefficient (Wildman–Crippen LogP) is 1.67. The summed E-state index contributed by atoms with van der Waals surface area (Å²) in [5.41, 5.74) is 2.74. The summed E-state index contributed by atoms with van der Waals surface area (Å²) in [7, 11) is 1.94. The van der Waals surface area contributed by atoms with Gasteiger partial charge in [-0.25, -0.2) is 9.97 Å². The quantitative estimate of drug-likeness (QED) is 0.890. The van der Waals surface area contributed by atoms with Crippen LogP contribution in [0.3, 0.4) is 0 Å². The molecule has 0 saturated heterocycles. The highest BCUT2D eigenvalue weighted by atomic mass is 32.1. The standard InChI is InChI=1S/C16H23N5OS/c1-10(2)15-18-11(9-23-15)8-21(3)16-19-13-5-7-17-6-4-12(13)14(22)20-16/h9-10,17H,4-8H2,1-3H3,(H,19,20,22). The van der Waals surface area contributed by atoms with Crippen molar-refractivity contribution in [1.29, 1.82) is 0 Å². The van der Waals surface area contributed by atoms with Crippen LogP contribution in [0.25, 0.3) is 0 Å². The lowest BCUT2D eigenvalue weighted by Crippen LogP contribution is -2.26. The van der Waals surface area contributed by atoms with E-state index in [4.69, 9.17) is 0 Å². The Hall–Kier alpha value is -1.73. The Morgan fingerprint density at radius 2 is 2.09 bits per heavy atom. The van der Waals surface area contributed by atoms with E-state index in [1.54, 1.807) is 11.3 Å². The van der Waals surface area contributed by atoms with Crippen LogP contribution in [0.5, 0.6) is 0 Å². The van der Waals surface area contributed by atoms with Crippen LogP contribution in [-0.2, 0) is 19.4 Å². The van der Waals surface area contributed by atoms with E-state index in [0.29, 0.717) is 18.4 Å². The summed E-state index contributed by atoms with van der Waals surface area (Å²) < 4.78 is 0. The van der Waals surface area contributed by atoms with Gasteiger partial charge in [0.1, 0.15) is 0 Å². The fourth-order valence-corrected chi connectivity index (χ4v) is 3.53. The van der Waals surface area contributed by atoms with E-state index in [9.17, 15) is 4.79 Å². The first-order valence-electron chi connectivity index (χ1n) is 8.03. The molecule has 0 bridgehead atoms. The minimum absolute atomic E-state index is 0.0123. The summed E-state index contributed by atoms with van der Waals surface area (Å²) in [5.74, 6) is 1.06. The third kappa shape index (κ3) is 3.61. The van der Waals surface area contributed by atoms with Crippen molar-refractivity contribution in [2.45, 2.75) is 39.2 Å². The zero-order valence-corrected chi connectivity index (χ0v) is 14.7. The Morgan fingerprint density at radius 3 is 2.83 bits per heavy atom. The second kappa shape index (κ2) is 6.80. The molecule has 3 rings (SSSR count). The SMILES string of the molecule is CC(C)c1nc(CN(C)c2nc3c(c(=O)[nH]2)CCNCC3)cs1. The van der Waals surface area contributed by atoms with Crippen molar-refractivity contribution in [3.8, 4) is 0 Å². The number of aromatic amines is 1. The van der Waals surface area contributed by atoms with E-state index < -0.39 is 0 Å². The van der Waals surface area contributed by atoms with Gasteiger partial charge in [-0.1, -0.05) is 13.8 Å². The molecule has 0 aliphatic carbocycles. The molecule has 0 aromatic carbocycles. The van der Waals surface area contributed by atoms with Crippen molar-refractivity contribution in [1.82, 2.24) is 20.3 Å². The molecule has 6 nitrogen and oxygen atoms in total. The van der Waals surface area contributed by atoms with Crippen molar-refractivity contribution < 1.29 is 0 Å². The topological polar surface area (TPSA) is 73.9 Å². The maximum atomic E-state index is 12.3. The van der Waals surface area contributed by atoms with Crippen LogP contribution < -0.4 is 15.8 Å². The lowest BCUT2D eigenvalue weighted by atomic mass is 10.1. The van der Waals surface area contributed by atoms with Gasteiger partial charge in [0.25, 0.3) is 5.56 Å². The zero-order chi connectivity index (χ0) is 16.4. The van der Waals surface area contributed by atoms with Gasteiger partial charge in [-0.3, -0.25) is 9.78 Å². The molecule has 1 aliphatic heterocycles. The molecule has 2 N–H and O–H groups in total. The second-order valence-corrected chi connectivity index (χ2v) is 7.14. The number of fused-ring (bicyclic) bond motifs is 1. The molecular formula is C16H23N5OS. The molecule has 0 atom stereocenters. The van der Waals surface area contributed by atoms with Crippen molar-refractivity contribution >= 4 is 17.3 Å². The van der Waals surface area contributed by atoms with Gasteiger partial charge in [0.05, 0.1) is 22.9 Å². The highest BCUT2D eigenvalue weighted by molar-refractivity contribution is 7.09. The Labute approximate surface area is 140 Å². The third-order valence-corrected chi connectivity index (χ3v) is 5.20. The normalized spacial score (nSPS) is 14.6. The molecule has 0 fully saturated rings. The lowest BCUT2D eigenvalue weighted by Gasteiger charge is -2.18. The van der Waals surface area contributed by atoms with Crippen LogP contribution in [0.2, 0.25) is 0 Å². The van der Waals surface area contributed by atoms with Crippen LogP contribution in [0, 0.1) is 0 Å². The van der Waals surface area contributed by atoms with Gasteiger partial charge in [-0.2, -0.15) is 0 Å².